The van der Waals surface area contributed by atoms with Gasteiger partial charge in [-0.1, -0.05) is 42.5 Å². The standard InChI is InChI=1S/C22H27NO7S/c1-22(2,3)29-21(25)23-14-19(20(24)28-15-16-8-6-5-7-9-16)17-10-12-18(13-11-17)30-31(4,26)27/h5-13,19H,14-15H2,1-4H3,(H,23,25). The van der Waals surface area contributed by atoms with E-state index in [0.29, 0.717) is 5.56 Å². The van der Waals surface area contributed by atoms with Crippen LogP contribution in [-0.2, 0) is 31.0 Å². The van der Waals surface area contributed by atoms with E-state index in [1.165, 1.54) is 12.1 Å². The number of ether oxygens (including phenoxy) is 2. The Morgan fingerprint density at radius 3 is 2.16 bits per heavy atom. The third kappa shape index (κ3) is 9.08. The molecule has 2 aromatic rings. The summed E-state index contributed by atoms with van der Waals surface area (Å²) in [4.78, 5) is 24.8. The van der Waals surface area contributed by atoms with Crippen LogP contribution in [0.2, 0.25) is 0 Å². The number of nitrogens with one attached hydrogen (secondary N) is 1. The zero-order chi connectivity index (χ0) is 23.1. The molecule has 0 bridgehead atoms. The Morgan fingerprint density at radius 2 is 1.61 bits per heavy atom. The molecule has 0 fully saturated rings. The summed E-state index contributed by atoms with van der Waals surface area (Å²) in [5.74, 6) is -1.26. The smallest absolute Gasteiger partial charge is 0.407 e. The maximum Gasteiger partial charge on any atom is 0.407 e. The Hall–Kier alpha value is -3.07. The first kappa shape index (κ1) is 24.2. The van der Waals surface area contributed by atoms with Gasteiger partial charge in [0.05, 0.1) is 12.2 Å². The Balaban J connectivity index is 2.14. The fourth-order valence-corrected chi connectivity index (χ4v) is 3.06. The van der Waals surface area contributed by atoms with Crippen molar-refractivity contribution in [3.63, 3.8) is 0 Å². The van der Waals surface area contributed by atoms with Crippen molar-refractivity contribution in [2.24, 2.45) is 0 Å². The van der Waals surface area contributed by atoms with Gasteiger partial charge in [-0.3, -0.25) is 4.79 Å². The van der Waals surface area contributed by atoms with E-state index < -0.39 is 33.7 Å². The lowest BCUT2D eigenvalue weighted by atomic mass is 9.99. The van der Waals surface area contributed by atoms with Crippen LogP contribution in [0.5, 0.6) is 5.75 Å². The zero-order valence-corrected chi connectivity index (χ0v) is 18.8. The largest absolute Gasteiger partial charge is 0.460 e. The van der Waals surface area contributed by atoms with E-state index in [4.69, 9.17) is 13.7 Å². The lowest BCUT2D eigenvalue weighted by Crippen LogP contribution is -2.36. The molecule has 1 unspecified atom stereocenters. The van der Waals surface area contributed by atoms with E-state index in [2.05, 4.69) is 5.32 Å². The van der Waals surface area contributed by atoms with E-state index in [-0.39, 0.29) is 18.9 Å². The Labute approximate surface area is 182 Å². The van der Waals surface area contributed by atoms with Crippen LogP contribution in [0.1, 0.15) is 37.8 Å². The van der Waals surface area contributed by atoms with Crippen molar-refractivity contribution >= 4 is 22.2 Å². The molecule has 1 atom stereocenters. The monoisotopic (exact) mass is 449 g/mol. The van der Waals surface area contributed by atoms with Crippen molar-refractivity contribution < 1.29 is 31.7 Å². The van der Waals surface area contributed by atoms with Gasteiger partial charge >= 0.3 is 22.2 Å². The van der Waals surface area contributed by atoms with Gasteiger partial charge < -0.3 is 19.0 Å². The predicted octanol–water partition coefficient (Wildman–Crippen LogP) is 3.38. The molecule has 2 aromatic carbocycles. The fourth-order valence-electron chi connectivity index (χ4n) is 2.60. The lowest BCUT2D eigenvalue weighted by molar-refractivity contribution is -0.146. The number of alkyl carbamates (subject to hydrolysis) is 1. The molecule has 0 heterocycles. The molecule has 168 valence electrons. The summed E-state index contributed by atoms with van der Waals surface area (Å²) >= 11 is 0. The highest BCUT2D eigenvalue weighted by Crippen LogP contribution is 2.22. The normalized spacial score (nSPS) is 12.5. The lowest BCUT2D eigenvalue weighted by Gasteiger charge is -2.22. The molecule has 0 aliphatic heterocycles. The first-order valence-electron chi connectivity index (χ1n) is 9.60. The highest BCUT2D eigenvalue weighted by Gasteiger charge is 2.25. The van der Waals surface area contributed by atoms with Gasteiger partial charge in [0.15, 0.2) is 0 Å². The topological polar surface area (TPSA) is 108 Å². The van der Waals surface area contributed by atoms with E-state index in [1.807, 2.05) is 30.3 Å². The highest BCUT2D eigenvalue weighted by atomic mass is 32.2. The molecular formula is C22H27NO7S. The molecule has 0 aromatic heterocycles. The van der Waals surface area contributed by atoms with Crippen molar-refractivity contribution in [2.75, 3.05) is 12.8 Å². The highest BCUT2D eigenvalue weighted by molar-refractivity contribution is 7.86. The molecule has 2 rings (SSSR count). The molecule has 0 radical (unpaired) electrons. The van der Waals surface area contributed by atoms with Crippen LogP contribution in [0.4, 0.5) is 4.79 Å². The van der Waals surface area contributed by atoms with Gasteiger partial charge in [0, 0.05) is 6.54 Å². The van der Waals surface area contributed by atoms with Crippen LogP contribution >= 0.6 is 0 Å². The maximum absolute atomic E-state index is 12.8. The number of carbonyl (C=O) groups excluding carboxylic acids is 2. The number of carbonyl (C=O) groups is 2. The van der Waals surface area contributed by atoms with Gasteiger partial charge in [0.25, 0.3) is 0 Å². The van der Waals surface area contributed by atoms with Crippen LogP contribution in [0.15, 0.2) is 54.6 Å². The average Bonchev–Trinajstić information content (AvgIpc) is 2.66. The quantitative estimate of drug-likeness (QED) is 0.486. The van der Waals surface area contributed by atoms with Crippen LogP contribution in [0, 0.1) is 0 Å². The Kier molecular flexibility index (Phi) is 8.04. The van der Waals surface area contributed by atoms with Gasteiger partial charge in [0.1, 0.15) is 18.0 Å². The number of amides is 1. The summed E-state index contributed by atoms with van der Waals surface area (Å²) in [6.45, 7) is 5.22. The third-order valence-electron chi connectivity index (χ3n) is 3.89. The van der Waals surface area contributed by atoms with Crippen molar-refractivity contribution in [1.29, 1.82) is 0 Å². The van der Waals surface area contributed by atoms with Crippen LogP contribution < -0.4 is 9.50 Å². The molecule has 0 spiro atoms. The molecule has 9 heteroatoms. The zero-order valence-electron chi connectivity index (χ0n) is 18.0. The minimum Gasteiger partial charge on any atom is -0.460 e. The summed E-state index contributed by atoms with van der Waals surface area (Å²) in [5.41, 5.74) is 0.666. The molecule has 1 amide bonds. The molecule has 31 heavy (non-hydrogen) atoms. The second-order valence-corrected chi connectivity index (χ2v) is 9.46. The number of hydrogen-bond acceptors (Lipinski definition) is 7. The van der Waals surface area contributed by atoms with Gasteiger partial charge in [0.2, 0.25) is 0 Å². The molecule has 0 saturated carbocycles. The minimum atomic E-state index is -3.67. The van der Waals surface area contributed by atoms with E-state index in [9.17, 15) is 18.0 Å². The fraction of sp³-hybridized carbons (Fsp3) is 0.364. The number of esters is 1. The molecular weight excluding hydrogens is 422 g/mol. The van der Waals surface area contributed by atoms with Crippen molar-refractivity contribution in [3.8, 4) is 5.75 Å². The Bertz CT molecular complexity index is 981. The van der Waals surface area contributed by atoms with Crippen molar-refractivity contribution in [3.05, 3.63) is 65.7 Å². The van der Waals surface area contributed by atoms with Crippen LogP contribution in [0.3, 0.4) is 0 Å². The molecule has 0 saturated heterocycles. The molecule has 0 aliphatic rings. The van der Waals surface area contributed by atoms with Gasteiger partial charge in [-0.2, -0.15) is 8.42 Å². The molecule has 8 nitrogen and oxygen atoms in total. The minimum absolute atomic E-state index is 0.0607. The first-order chi connectivity index (χ1) is 14.4. The summed E-state index contributed by atoms with van der Waals surface area (Å²) < 4.78 is 38.0. The summed E-state index contributed by atoms with van der Waals surface area (Å²) in [6, 6.07) is 15.2. The van der Waals surface area contributed by atoms with Crippen molar-refractivity contribution in [2.45, 2.75) is 38.9 Å². The van der Waals surface area contributed by atoms with E-state index >= 15 is 0 Å². The van der Waals surface area contributed by atoms with Crippen LogP contribution in [-0.4, -0.2) is 38.9 Å². The van der Waals surface area contributed by atoms with Gasteiger partial charge in [-0.15, -0.1) is 0 Å². The van der Waals surface area contributed by atoms with E-state index in [1.54, 1.807) is 32.9 Å². The summed E-state index contributed by atoms with van der Waals surface area (Å²) in [5, 5.41) is 2.58. The molecule has 1 N–H and O–H groups in total. The first-order valence-corrected chi connectivity index (χ1v) is 11.4. The van der Waals surface area contributed by atoms with Gasteiger partial charge in [-0.25, -0.2) is 4.79 Å². The van der Waals surface area contributed by atoms with E-state index in [0.717, 1.165) is 11.8 Å². The van der Waals surface area contributed by atoms with Gasteiger partial charge in [-0.05, 0) is 44.0 Å². The average molecular weight is 450 g/mol. The second kappa shape index (κ2) is 10.3. The molecule has 0 aliphatic carbocycles. The van der Waals surface area contributed by atoms with Crippen molar-refractivity contribution in [1.82, 2.24) is 5.32 Å². The summed E-state index contributed by atoms with van der Waals surface area (Å²) in [6.07, 6.45) is 0.278. The third-order valence-corrected chi connectivity index (χ3v) is 4.38. The van der Waals surface area contributed by atoms with Crippen LogP contribution in [0.25, 0.3) is 0 Å². The Morgan fingerprint density at radius 1 is 1.00 bits per heavy atom. The maximum atomic E-state index is 12.8. The number of hydrogen-bond donors (Lipinski definition) is 1. The SMILES string of the molecule is CC(C)(C)OC(=O)NCC(C(=O)OCc1ccccc1)c1ccc(OS(C)(=O)=O)cc1. The number of benzene rings is 2. The second-order valence-electron chi connectivity index (χ2n) is 7.89. The summed E-state index contributed by atoms with van der Waals surface area (Å²) in [7, 11) is -3.67. The number of rotatable bonds is 8. The predicted molar refractivity (Wildman–Crippen MR) is 115 cm³/mol.